The number of hydrogen-bond donors (Lipinski definition) is 0. The normalized spacial score (nSPS) is 14.8. The summed E-state index contributed by atoms with van der Waals surface area (Å²) in [6, 6.07) is 14.3. The second-order valence-electron chi connectivity index (χ2n) is 5.78. The predicted molar refractivity (Wildman–Crippen MR) is 92.4 cm³/mol. The third-order valence-corrected chi connectivity index (χ3v) is 4.09. The predicted octanol–water partition coefficient (Wildman–Crippen LogP) is 2.47. The van der Waals surface area contributed by atoms with Crippen LogP contribution in [0.15, 0.2) is 48.8 Å². The maximum absolute atomic E-state index is 5.41. The highest BCUT2D eigenvalue weighted by Gasteiger charge is 2.16. The molecular weight excluding hydrogens is 302 g/mol. The summed E-state index contributed by atoms with van der Waals surface area (Å²) in [6.45, 7) is 5.15. The molecule has 3 aromatic rings. The van der Waals surface area contributed by atoms with Gasteiger partial charge in [-0.05, 0) is 13.0 Å². The van der Waals surface area contributed by atoms with Gasteiger partial charge in [0.25, 0.3) is 0 Å². The molecule has 0 radical (unpaired) electrons. The van der Waals surface area contributed by atoms with Crippen LogP contribution < -0.4 is 4.90 Å². The molecule has 4 rings (SSSR count). The Hall–Kier alpha value is -2.73. The van der Waals surface area contributed by atoms with Gasteiger partial charge in [-0.3, -0.25) is 0 Å². The summed E-state index contributed by atoms with van der Waals surface area (Å²) in [4.78, 5) is 11.1. The third-order valence-electron chi connectivity index (χ3n) is 4.09. The topological polar surface area (TPSA) is 56.1 Å². The van der Waals surface area contributed by atoms with Crippen LogP contribution in [0.3, 0.4) is 0 Å². The van der Waals surface area contributed by atoms with Crippen molar-refractivity contribution in [2.45, 2.75) is 6.92 Å². The molecule has 2 aromatic heterocycles. The number of anilines is 1. The van der Waals surface area contributed by atoms with E-state index in [2.05, 4.69) is 38.2 Å². The molecule has 122 valence electrons. The molecule has 0 bridgehead atoms. The van der Waals surface area contributed by atoms with Crippen molar-refractivity contribution in [1.29, 1.82) is 0 Å². The monoisotopic (exact) mass is 321 g/mol. The van der Waals surface area contributed by atoms with Crippen LogP contribution in [0.5, 0.6) is 0 Å². The van der Waals surface area contributed by atoms with Crippen molar-refractivity contribution < 1.29 is 4.74 Å². The van der Waals surface area contributed by atoms with Crippen LogP contribution in [0, 0.1) is 6.92 Å². The van der Waals surface area contributed by atoms with Crippen molar-refractivity contribution in [1.82, 2.24) is 19.7 Å². The van der Waals surface area contributed by atoms with E-state index < -0.39 is 0 Å². The Labute approximate surface area is 140 Å². The maximum atomic E-state index is 5.41. The lowest BCUT2D eigenvalue weighted by molar-refractivity contribution is 0.122. The lowest BCUT2D eigenvalue weighted by Gasteiger charge is -2.27. The van der Waals surface area contributed by atoms with Gasteiger partial charge >= 0.3 is 0 Å². The van der Waals surface area contributed by atoms with E-state index >= 15 is 0 Å². The van der Waals surface area contributed by atoms with Crippen molar-refractivity contribution in [2.24, 2.45) is 0 Å². The quantitative estimate of drug-likeness (QED) is 0.742. The molecule has 0 atom stereocenters. The molecule has 0 amide bonds. The second-order valence-corrected chi connectivity index (χ2v) is 5.78. The van der Waals surface area contributed by atoms with Crippen LogP contribution in [0.25, 0.3) is 17.1 Å². The maximum Gasteiger partial charge on any atom is 0.159 e. The Balaban J connectivity index is 1.74. The Morgan fingerprint density at radius 1 is 0.958 bits per heavy atom. The van der Waals surface area contributed by atoms with Crippen molar-refractivity contribution >= 4 is 5.82 Å². The minimum absolute atomic E-state index is 0.732. The van der Waals surface area contributed by atoms with E-state index in [1.165, 1.54) is 0 Å². The fourth-order valence-corrected chi connectivity index (χ4v) is 2.91. The zero-order valence-electron chi connectivity index (χ0n) is 13.6. The molecule has 3 heterocycles. The van der Waals surface area contributed by atoms with Gasteiger partial charge in [-0.1, -0.05) is 30.3 Å². The van der Waals surface area contributed by atoms with Gasteiger partial charge < -0.3 is 9.64 Å². The molecule has 1 aromatic carbocycles. The summed E-state index contributed by atoms with van der Waals surface area (Å²) in [5.74, 6) is 1.69. The van der Waals surface area contributed by atoms with Gasteiger partial charge in [-0.2, -0.15) is 5.10 Å². The summed E-state index contributed by atoms with van der Waals surface area (Å²) < 4.78 is 7.30. The molecule has 0 saturated carbocycles. The second kappa shape index (κ2) is 6.41. The molecule has 0 unspecified atom stereocenters. The largest absolute Gasteiger partial charge is 0.378 e. The summed E-state index contributed by atoms with van der Waals surface area (Å²) in [5, 5.41) is 4.63. The summed E-state index contributed by atoms with van der Waals surface area (Å²) in [5.41, 5.74) is 3.10. The molecule has 1 aliphatic rings. The first-order valence-electron chi connectivity index (χ1n) is 8.08. The van der Waals surface area contributed by atoms with Gasteiger partial charge in [-0.25, -0.2) is 14.6 Å². The van der Waals surface area contributed by atoms with E-state index in [0.29, 0.717) is 0 Å². The first kappa shape index (κ1) is 14.8. The average Bonchev–Trinajstić information content (AvgIpc) is 3.05. The third kappa shape index (κ3) is 2.88. The minimum Gasteiger partial charge on any atom is -0.378 e. The number of aryl methyl sites for hydroxylation is 1. The smallest absolute Gasteiger partial charge is 0.159 e. The summed E-state index contributed by atoms with van der Waals surface area (Å²) in [7, 11) is 0. The van der Waals surface area contributed by atoms with Crippen molar-refractivity contribution in [3.63, 3.8) is 0 Å². The first-order valence-corrected chi connectivity index (χ1v) is 8.08. The van der Waals surface area contributed by atoms with Crippen LogP contribution in [0.2, 0.25) is 0 Å². The minimum atomic E-state index is 0.732. The number of ether oxygens (including phenoxy) is 1. The van der Waals surface area contributed by atoms with E-state index in [4.69, 9.17) is 4.74 Å². The molecule has 1 aliphatic heterocycles. The van der Waals surface area contributed by atoms with Crippen LogP contribution in [-0.4, -0.2) is 46.1 Å². The highest BCUT2D eigenvalue weighted by atomic mass is 16.5. The molecule has 0 spiro atoms. The van der Waals surface area contributed by atoms with Gasteiger partial charge in [0, 0.05) is 24.7 Å². The van der Waals surface area contributed by atoms with Crippen LogP contribution in [-0.2, 0) is 4.74 Å². The Morgan fingerprint density at radius 3 is 2.50 bits per heavy atom. The summed E-state index contributed by atoms with van der Waals surface area (Å²) >= 11 is 0. The van der Waals surface area contributed by atoms with Crippen LogP contribution >= 0.6 is 0 Å². The Kier molecular flexibility index (Phi) is 3.96. The van der Waals surface area contributed by atoms with Crippen LogP contribution in [0.1, 0.15) is 5.69 Å². The molecular formula is C18H19N5O. The molecule has 0 N–H and O–H groups in total. The molecule has 24 heavy (non-hydrogen) atoms. The zero-order chi connectivity index (χ0) is 16.4. The van der Waals surface area contributed by atoms with Crippen molar-refractivity contribution in [3.05, 3.63) is 54.5 Å². The molecule has 0 aliphatic carbocycles. The first-order chi connectivity index (χ1) is 11.8. The highest BCUT2D eigenvalue weighted by molar-refractivity contribution is 5.62. The standard InChI is InChI=1S/C18H19N5O/c1-14-11-16(15-5-3-2-4-6-15)23(21-14)18-12-17(19-13-20-18)22-7-9-24-10-8-22/h2-6,11-13H,7-10H2,1H3. The van der Waals surface area contributed by atoms with Crippen molar-refractivity contribution in [2.75, 3.05) is 31.2 Å². The van der Waals surface area contributed by atoms with Crippen molar-refractivity contribution in [3.8, 4) is 17.1 Å². The Morgan fingerprint density at radius 2 is 1.71 bits per heavy atom. The van der Waals surface area contributed by atoms with E-state index in [-0.39, 0.29) is 0 Å². The van der Waals surface area contributed by atoms with E-state index in [9.17, 15) is 0 Å². The SMILES string of the molecule is Cc1cc(-c2ccccc2)n(-c2cc(N3CCOCC3)ncn2)n1. The average molecular weight is 321 g/mol. The lowest BCUT2D eigenvalue weighted by atomic mass is 10.1. The number of aromatic nitrogens is 4. The lowest BCUT2D eigenvalue weighted by Crippen LogP contribution is -2.36. The van der Waals surface area contributed by atoms with E-state index in [1.807, 2.05) is 35.9 Å². The number of morpholine rings is 1. The number of benzene rings is 1. The molecule has 6 nitrogen and oxygen atoms in total. The van der Waals surface area contributed by atoms with E-state index in [0.717, 1.165) is 54.9 Å². The number of hydrogen-bond acceptors (Lipinski definition) is 5. The fourth-order valence-electron chi connectivity index (χ4n) is 2.91. The van der Waals surface area contributed by atoms with Gasteiger partial charge in [0.05, 0.1) is 24.6 Å². The molecule has 6 heteroatoms. The highest BCUT2D eigenvalue weighted by Crippen LogP contribution is 2.24. The van der Waals surface area contributed by atoms with Crippen LogP contribution in [0.4, 0.5) is 5.82 Å². The Bertz CT molecular complexity index is 824. The summed E-state index contributed by atoms with van der Waals surface area (Å²) in [6.07, 6.45) is 1.60. The zero-order valence-corrected chi connectivity index (χ0v) is 13.6. The van der Waals surface area contributed by atoms with E-state index in [1.54, 1.807) is 6.33 Å². The van der Waals surface area contributed by atoms with Gasteiger partial charge in [0.1, 0.15) is 12.1 Å². The fraction of sp³-hybridized carbons (Fsp3) is 0.278. The number of nitrogens with zero attached hydrogens (tertiary/aromatic N) is 5. The van der Waals surface area contributed by atoms with Gasteiger partial charge in [0.2, 0.25) is 0 Å². The van der Waals surface area contributed by atoms with Gasteiger partial charge in [-0.15, -0.1) is 0 Å². The molecule has 1 saturated heterocycles. The number of rotatable bonds is 3. The molecule has 1 fully saturated rings. The van der Waals surface area contributed by atoms with Gasteiger partial charge in [0.15, 0.2) is 5.82 Å².